The molecule has 1 aromatic carbocycles. The molecule has 25 heavy (non-hydrogen) atoms. The van der Waals surface area contributed by atoms with Gasteiger partial charge in [0.15, 0.2) is 0 Å². The Hall–Kier alpha value is -2.01. The lowest BCUT2D eigenvalue weighted by Gasteiger charge is -2.31. The summed E-state index contributed by atoms with van der Waals surface area (Å²) in [6.45, 7) is 5.42. The molecule has 2 atom stereocenters. The van der Waals surface area contributed by atoms with Gasteiger partial charge < -0.3 is 10.4 Å². The molecule has 1 aromatic rings. The van der Waals surface area contributed by atoms with Crippen LogP contribution in [0.25, 0.3) is 0 Å². The summed E-state index contributed by atoms with van der Waals surface area (Å²) in [6.07, 6.45) is 1.82. The summed E-state index contributed by atoms with van der Waals surface area (Å²) in [5, 5.41) is 20.5. The molecule has 0 saturated heterocycles. The van der Waals surface area contributed by atoms with Crippen LogP contribution in [0.15, 0.2) is 24.3 Å². The maximum absolute atomic E-state index is 12.4. The van der Waals surface area contributed by atoms with E-state index in [0.717, 1.165) is 5.56 Å². The van der Waals surface area contributed by atoms with Crippen molar-refractivity contribution >= 4 is 23.6 Å². The Labute approximate surface area is 152 Å². The second-order valence-corrected chi connectivity index (χ2v) is 7.58. The Kier molecular flexibility index (Phi) is 7.97. The molecule has 1 rings (SSSR count). The van der Waals surface area contributed by atoms with Crippen LogP contribution in [0.2, 0.25) is 0 Å². The van der Waals surface area contributed by atoms with Gasteiger partial charge in [0.25, 0.3) is 11.8 Å². The zero-order chi connectivity index (χ0) is 19.0. The summed E-state index contributed by atoms with van der Waals surface area (Å²) in [5.41, 5.74) is 2.71. The Morgan fingerprint density at radius 3 is 2.36 bits per heavy atom. The summed E-state index contributed by atoms with van der Waals surface area (Å²) in [4.78, 5) is 24.3. The fourth-order valence-corrected chi connectivity index (χ4v) is 2.31. The summed E-state index contributed by atoms with van der Waals surface area (Å²) >= 11 is 1.40. The quantitative estimate of drug-likeness (QED) is 0.348. The fourth-order valence-electron chi connectivity index (χ4n) is 1.91. The molecule has 0 spiro atoms. The van der Waals surface area contributed by atoms with Gasteiger partial charge in [-0.05, 0) is 51.3 Å². The summed E-state index contributed by atoms with van der Waals surface area (Å²) in [6, 6.07) is 5.73. The maximum atomic E-state index is 12.4. The molecule has 2 amide bonds. The van der Waals surface area contributed by atoms with Crippen LogP contribution in [0.3, 0.4) is 0 Å². The molecule has 4 N–H and O–H groups in total. The largest absolute Gasteiger partial charge is 0.395 e. The third-order valence-electron chi connectivity index (χ3n) is 3.75. The first-order valence-corrected chi connectivity index (χ1v) is 9.00. The van der Waals surface area contributed by atoms with E-state index < -0.39 is 22.6 Å². The van der Waals surface area contributed by atoms with Crippen LogP contribution in [0.1, 0.15) is 36.7 Å². The van der Waals surface area contributed by atoms with Gasteiger partial charge in [-0.1, -0.05) is 11.8 Å². The number of carbonyl (C=O) groups is 2. The molecule has 0 fully saturated rings. The van der Waals surface area contributed by atoms with Crippen molar-refractivity contribution in [2.75, 3.05) is 12.9 Å². The number of aliphatic hydroxyl groups excluding tert-OH is 1. The first-order valence-electron chi connectivity index (χ1n) is 7.77. The molecule has 136 valence electrons. The first kappa shape index (κ1) is 21.0. The topological polar surface area (TPSA) is 98.7 Å². The molecule has 0 aliphatic heterocycles. The molecule has 0 heterocycles. The van der Waals surface area contributed by atoms with Crippen molar-refractivity contribution < 1.29 is 19.9 Å². The summed E-state index contributed by atoms with van der Waals surface area (Å²) < 4.78 is -0.603. The van der Waals surface area contributed by atoms with Gasteiger partial charge in [0, 0.05) is 21.8 Å². The van der Waals surface area contributed by atoms with E-state index in [-0.39, 0.29) is 12.5 Å². The van der Waals surface area contributed by atoms with E-state index in [4.69, 9.17) is 10.3 Å². The van der Waals surface area contributed by atoms with Crippen LogP contribution in [0.4, 0.5) is 0 Å². The predicted octanol–water partition coefficient (Wildman–Crippen LogP) is 1.41. The van der Waals surface area contributed by atoms with E-state index in [0.29, 0.717) is 5.56 Å². The fraction of sp³-hybridized carbons (Fsp3) is 0.444. The normalized spacial score (nSPS) is 13.2. The second kappa shape index (κ2) is 9.47. The highest BCUT2D eigenvalue weighted by molar-refractivity contribution is 8.00. The lowest BCUT2D eigenvalue weighted by Crippen LogP contribution is -2.55. The Balaban J connectivity index is 2.91. The van der Waals surface area contributed by atoms with Crippen LogP contribution in [-0.2, 0) is 4.79 Å². The van der Waals surface area contributed by atoms with E-state index in [2.05, 4.69) is 17.2 Å². The van der Waals surface area contributed by atoms with E-state index in [1.807, 2.05) is 13.2 Å². The molecule has 0 bridgehead atoms. The van der Waals surface area contributed by atoms with Crippen LogP contribution < -0.4 is 10.8 Å². The SMILES string of the molecule is CSC(C)(C)[C@H](NC(=O)c1ccc(C#CC(C)CO)cc1)C(=O)NO. The van der Waals surface area contributed by atoms with Gasteiger partial charge >= 0.3 is 0 Å². The number of carbonyl (C=O) groups excluding carboxylic acids is 2. The van der Waals surface area contributed by atoms with E-state index in [9.17, 15) is 9.59 Å². The van der Waals surface area contributed by atoms with Crippen molar-refractivity contribution in [2.45, 2.75) is 31.6 Å². The average Bonchev–Trinajstić information content (AvgIpc) is 2.63. The number of nitrogens with one attached hydrogen (secondary N) is 2. The molecule has 7 heteroatoms. The van der Waals surface area contributed by atoms with Gasteiger partial charge in [-0.3, -0.25) is 14.8 Å². The monoisotopic (exact) mass is 364 g/mol. The van der Waals surface area contributed by atoms with Gasteiger partial charge in [0.1, 0.15) is 6.04 Å². The van der Waals surface area contributed by atoms with E-state index >= 15 is 0 Å². The molecule has 0 saturated carbocycles. The highest BCUT2D eigenvalue weighted by atomic mass is 32.2. The third-order valence-corrected chi connectivity index (χ3v) is 5.04. The molecule has 0 aliphatic carbocycles. The molecule has 0 radical (unpaired) electrons. The van der Waals surface area contributed by atoms with Crippen LogP contribution in [0, 0.1) is 17.8 Å². The zero-order valence-corrected chi connectivity index (χ0v) is 15.6. The minimum absolute atomic E-state index is 0.00692. The highest BCUT2D eigenvalue weighted by Crippen LogP contribution is 2.26. The van der Waals surface area contributed by atoms with Gasteiger partial charge in [-0.15, -0.1) is 0 Å². The standard InChI is InChI=1S/C18H24N2O4S/c1-12(11-21)5-6-13-7-9-14(10-8-13)16(22)19-15(17(23)20-24)18(2,3)25-4/h7-10,12,15,21,24H,11H2,1-4H3,(H,19,22)(H,20,23)/t12?,15-/m1/s1. The van der Waals surface area contributed by atoms with Crippen molar-refractivity contribution in [3.63, 3.8) is 0 Å². The smallest absolute Gasteiger partial charge is 0.267 e. The number of hydrogen-bond donors (Lipinski definition) is 4. The van der Waals surface area contributed by atoms with Crippen molar-refractivity contribution in [2.24, 2.45) is 5.92 Å². The average molecular weight is 364 g/mol. The number of benzene rings is 1. The lowest BCUT2D eigenvalue weighted by molar-refractivity contribution is -0.131. The van der Waals surface area contributed by atoms with Crippen molar-refractivity contribution in [3.05, 3.63) is 35.4 Å². The number of hydrogen-bond acceptors (Lipinski definition) is 5. The van der Waals surface area contributed by atoms with Crippen LogP contribution >= 0.6 is 11.8 Å². The number of amides is 2. The number of aliphatic hydroxyl groups is 1. The van der Waals surface area contributed by atoms with Crippen molar-refractivity contribution in [3.8, 4) is 11.8 Å². The second-order valence-electron chi connectivity index (χ2n) is 6.12. The molecular formula is C18H24N2O4S. The molecule has 0 aromatic heterocycles. The Morgan fingerprint density at radius 2 is 1.88 bits per heavy atom. The third kappa shape index (κ3) is 6.09. The number of thioether (sulfide) groups is 1. The molecule has 0 aliphatic rings. The summed E-state index contributed by atoms with van der Waals surface area (Å²) in [5.74, 6) is 4.61. The minimum Gasteiger partial charge on any atom is -0.395 e. The van der Waals surface area contributed by atoms with E-state index in [1.165, 1.54) is 11.8 Å². The highest BCUT2D eigenvalue weighted by Gasteiger charge is 2.36. The zero-order valence-electron chi connectivity index (χ0n) is 14.8. The number of hydroxylamine groups is 1. The minimum atomic E-state index is -0.898. The summed E-state index contributed by atoms with van der Waals surface area (Å²) in [7, 11) is 0. The van der Waals surface area contributed by atoms with E-state index in [1.54, 1.807) is 43.6 Å². The Bertz CT molecular complexity index is 662. The van der Waals surface area contributed by atoms with Gasteiger partial charge in [0.05, 0.1) is 6.61 Å². The molecule has 1 unspecified atom stereocenters. The predicted molar refractivity (Wildman–Crippen MR) is 98.3 cm³/mol. The maximum Gasteiger partial charge on any atom is 0.267 e. The first-order chi connectivity index (χ1) is 11.7. The lowest BCUT2D eigenvalue weighted by atomic mass is 10.0. The Morgan fingerprint density at radius 1 is 1.28 bits per heavy atom. The van der Waals surface area contributed by atoms with Crippen LogP contribution in [0.5, 0.6) is 0 Å². The molecular weight excluding hydrogens is 340 g/mol. The molecule has 6 nitrogen and oxygen atoms in total. The number of rotatable bonds is 6. The van der Waals surface area contributed by atoms with Crippen molar-refractivity contribution in [1.29, 1.82) is 0 Å². The van der Waals surface area contributed by atoms with Gasteiger partial charge in [-0.2, -0.15) is 11.8 Å². The van der Waals surface area contributed by atoms with Crippen molar-refractivity contribution in [1.82, 2.24) is 10.8 Å². The van der Waals surface area contributed by atoms with Gasteiger partial charge in [-0.25, -0.2) is 5.48 Å². The van der Waals surface area contributed by atoms with Gasteiger partial charge in [0.2, 0.25) is 0 Å². The van der Waals surface area contributed by atoms with Crippen LogP contribution in [-0.4, -0.2) is 45.8 Å².